The Balaban J connectivity index is 2.77. The summed E-state index contributed by atoms with van der Waals surface area (Å²) in [7, 11) is -7.07. The zero-order chi connectivity index (χ0) is 15.6. The minimum Gasteiger partial charge on any atom is -0.326 e. The molecule has 0 saturated heterocycles. The molecule has 1 heterocycles. The van der Waals surface area contributed by atoms with Crippen molar-refractivity contribution in [2.24, 2.45) is 5.73 Å². The lowest BCUT2D eigenvalue weighted by atomic mass is 10.1. The second-order valence-corrected chi connectivity index (χ2v) is 9.92. The Morgan fingerprint density at radius 2 is 1.85 bits per heavy atom. The van der Waals surface area contributed by atoms with Crippen LogP contribution in [-0.2, 0) is 26.6 Å². The molecule has 4 N–H and O–H groups in total. The van der Waals surface area contributed by atoms with Gasteiger partial charge < -0.3 is 5.73 Å². The van der Waals surface area contributed by atoms with Crippen molar-refractivity contribution in [2.45, 2.75) is 30.1 Å². The van der Waals surface area contributed by atoms with Gasteiger partial charge in [0, 0.05) is 23.5 Å². The standard InChI is InChI=1S/C10H19N3O4S3/c1-10(2,13-19(3,14)15)7-12-20(16,17)9-5-4-8(6-11)18-9/h4-5,12-13H,6-7,11H2,1-3H3. The Kier molecular flexibility index (Phi) is 5.33. The van der Waals surface area contributed by atoms with E-state index in [1.165, 1.54) is 6.07 Å². The Hall–Kier alpha value is -0.520. The monoisotopic (exact) mass is 341 g/mol. The number of nitrogens with two attached hydrogens (primary N) is 1. The quantitative estimate of drug-likeness (QED) is 0.635. The third-order valence-electron chi connectivity index (χ3n) is 2.27. The van der Waals surface area contributed by atoms with Gasteiger partial charge in [-0.25, -0.2) is 26.3 Å². The van der Waals surface area contributed by atoms with Gasteiger partial charge in [0.15, 0.2) is 0 Å². The van der Waals surface area contributed by atoms with Crippen LogP contribution in [0.3, 0.4) is 0 Å². The highest BCUT2D eigenvalue weighted by atomic mass is 32.2. The van der Waals surface area contributed by atoms with Gasteiger partial charge in [-0.15, -0.1) is 11.3 Å². The minimum atomic E-state index is -3.66. The topological polar surface area (TPSA) is 118 Å². The van der Waals surface area contributed by atoms with Crippen molar-refractivity contribution >= 4 is 31.4 Å². The van der Waals surface area contributed by atoms with Crippen LogP contribution in [0.15, 0.2) is 16.3 Å². The van der Waals surface area contributed by atoms with Gasteiger partial charge in [0.05, 0.1) is 6.26 Å². The maximum atomic E-state index is 12.1. The largest absolute Gasteiger partial charge is 0.326 e. The predicted molar refractivity (Wildman–Crippen MR) is 79.5 cm³/mol. The zero-order valence-electron chi connectivity index (χ0n) is 11.5. The van der Waals surface area contributed by atoms with Gasteiger partial charge in [0.25, 0.3) is 0 Å². The van der Waals surface area contributed by atoms with E-state index in [9.17, 15) is 16.8 Å². The van der Waals surface area contributed by atoms with E-state index in [2.05, 4.69) is 9.44 Å². The van der Waals surface area contributed by atoms with Crippen LogP contribution in [0, 0.1) is 0 Å². The van der Waals surface area contributed by atoms with E-state index < -0.39 is 25.6 Å². The molecule has 0 aliphatic heterocycles. The fraction of sp³-hybridized carbons (Fsp3) is 0.600. The zero-order valence-corrected chi connectivity index (χ0v) is 14.0. The molecule has 1 rings (SSSR count). The molecule has 0 aromatic carbocycles. The smallest absolute Gasteiger partial charge is 0.250 e. The van der Waals surface area contributed by atoms with Gasteiger partial charge in [0.1, 0.15) is 4.21 Å². The van der Waals surface area contributed by atoms with Crippen LogP contribution in [0.1, 0.15) is 18.7 Å². The molecule has 0 aliphatic carbocycles. The molecule has 0 saturated carbocycles. The van der Waals surface area contributed by atoms with E-state index in [4.69, 9.17) is 5.73 Å². The first kappa shape index (κ1) is 17.5. The fourth-order valence-electron chi connectivity index (χ4n) is 1.50. The van der Waals surface area contributed by atoms with Gasteiger partial charge in [-0.3, -0.25) is 0 Å². The average molecular weight is 341 g/mol. The van der Waals surface area contributed by atoms with Gasteiger partial charge in [-0.2, -0.15) is 0 Å². The van der Waals surface area contributed by atoms with Crippen LogP contribution in [0.5, 0.6) is 0 Å². The average Bonchev–Trinajstić information content (AvgIpc) is 2.72. The molecule has 0 bridgehead atoms. The molecule has 20 heavy (non-hydrogen) atoms. The summed E-state index contributed by atoms with van der Waals surface area (Å²) in [5, 5.41) is 0. The maximum Gasteiger partial charge on any atom is 0.250 e. The van der Waals surface area contributed by atoms with Crippen LogP contribution >= 0.6 is 11.3 Å². The van der Waals surface area contributed by atoms with Crippen LogP contribution in [0.4, 0.5) is 0 Å². The normalized spacial score (nSPS) is 13.6. The molecule has 0 unspecified atom stereocenters. The number of hydrogen-bond acceptors (Lipinski definition) is 6. The Labute approximate surface area is 123 Å². The highest BCUT2D eigenvalue weighted by molar-refractivity contribution is 7.91. The van der Waals surface area contributed by atoms with Crippen molar-refractivity contribution in [1.29, 1.82) is 0 Å². The summed E-state index contributed by atoms with van der Waals surface area (Å²) < 4.78 is 51.4. The molecule has 0 atom stereocenters. The van der Waals surface area contributed by atoms with E-state index >= 15 is 0 Å². The van der Waals surface area contributed by atoms with Crippen molar-refractivity contribution in [3.05, 3.63) is 17.0 Å². The first-order chi connectivity index (χ1) is 8.95. The Bertz CT molecular complexity index is 662. The van der Waals surface area contributed by atoms with E-state index in [1.807, 2.05) is 0 Å². The molecule has 0 fully saturated rings. The number of hydrogen-bond donors (Lipinski definition) is 3. The van der Waals surface area contributed by atoms with Crippen molar-refractivity contribution < 1.29 is 16.8 Å². The summed E-state index contributed by atoms with van der Waals surface area (Å²) in [6, 6.07) is 3.13. The molecule has 0 spiro atoms. The molecule has 116 valence electrons. The molecule has 10 heteroatoms. The lowest BCUT2D eigenvalue weighted by molar-refractivity contribution is 0.446. The predicted octanol–water partition coefficient (Wildman–Crippen LogP) is -0.187. The highest BCUT2D eigenvalue weighted by Gasteiger charge is 2.25. The molecular formula is C10H19N3O4S3. The van der Waals surface area contributed by atoms with Gasteiger partial charge in [-0.1, -0.05) is 0 Å². The van der Waals surface area contributed by atoms with Crippen LogP contribution in [0.2, 0.25) is 0 Å². The van der Waals surface area contributed by atoms with E-state index in [1.54, 1.807) is 19.9 Å². The van der Waals surface area contributed by atoms with Crippen LogP contribution in [-0.4, -0.2) is 35.2 Å². The SMILES string of the molecule is CC(C)(CNS(=O)(=O)c1ccc(CN)s1)NS(C)(=O)=O. The van der Waals surface area contributed by atoms with Crippen LogP contribution < -0.4 is 15.2 Å². The van der Waals surface area contributed by atoms with Crippen molar-refractivity contribution in [3.8, 4) is 0 Å². The Morgan fingerprint density at radius 3 is 2.30 bits per heavy atom. The van der Waals surface area contributed by atoms with E-state index in [0.29, 0.717) is 0 Å². The molecule has 0 aliphatic rings. The van der Waals surface area contributed by atoms with E-state index in [0.717, 1.165) is 22.5 Å². The summed E-state index contributed by atoms with van der Waals surface area (Å²) in [5.74, 6) is 0. The van der Waals surface area contributed by atoms with Gasteiger partial charge in [-0.05, 0) is 26.0 Å². The van der Waals surface area contributed by atoms with Crippen LogP contribution in [0.25, 0.3) is 0 Å². The number of rotatable bonds is 7. The second kappa shape index (κ2) is 6.08. The maximum absolute atomic E-state index is 12.1. The van der Waals surface area contributed by atoms with Crippen molar-refractivity contribution in [1.82, 2.24) is 9.44 Å². The molecule has 1 aromatic heterocycles. The summed E-state index contributed by atoms with van der Waals surface area (Å²) >= 11 is 1.09. The van der Waals surface area contributed by atoms with Gasteiger partial charge >= 0.3 is 0 Å². The number of nitrogens with one attached hydrogen (secondary N) is 2. The lowest BCUT2D eigenvalue weighted by Gasteiger charge is -2.24. The van der Waals surface area contributed by atoms with Gasteiger partial charge in [0.2, 0.25) is 20.0 Å². The lowest BCUT2D eigenvalue weighted by Crippen LogP contribution is -2.50. The molecule has 0 radical (unpaired) electrons. The molecular weight excluding hydrogens is 322 g/mol. The summed E-state index contributed by atoms with van der Waals surface area (Å²) in [5.41, 5.74) is 4.52. The molecule has 1 aromatic rings. The third kappa shape index (κ3) is 5.46. The summed E-state index contributed by atoms with van der Waals surface area (Å²) in [6.45, 7) is 3.41. The summed E-state index contributed by atoms with van der Waals surface area (Å²) in [6.07, 6.45) is 1.02. The minimum absolute atomic E-state index is 0.0573. The first-order valence-electron chi connectivity index (χ1n) is 5.73. The highest BCUT2D eigenvalue weighted by Crippen LogP contribution is 2.21. The molecule has 7 nitrogen and oxygen atoms in total. The Morgan fingerprint density at radius 1 is 1.25 bits per heavy atom. The third-order valence-corrected chi connectivity index (χ3v) is 6.19. The fourth-order valence-corrected chi connectivity index (χ4v) is 5.06. The number of sulfonamides is 2. The number of thiophene rings is 1. The van der Waals surface area contributed by atoms with Crippen molar-refractivity contribution in [3.63, 3.8) is 0 Å². The second-order valence-electron chi connectivity index (χ2n) is 5.01. The summed E-state index contributed by atoms with van der Waals surface area (Å²) in [4.78, 5) is 0.763. The first-order valence-corrected chi connectivity index (χ1v) is 9.92. The van der Waals surface area contributed by atoms with E-state index in [-0.39, 0.29) is 17.3 Å². The molecule has 0 amide bonds. The van der Waals surface area contributed by atoms with Crippen molar-refractivity contribution in [2.75, 3.05) is 12.8 Å².